The van der Waals surface area contributed by atoms with Gasteiger partial charge in [-0.15, -0.1) is 22.0 Å². The third kappa shape index (κ3) is 5.62. The Morgan fingerprint density at radius 2 is 2.24 bits per heavy atom. The number of nitrogens with two attached hydrogens (primary N) is 1. The number of oxime groups is 1. The van der Waals surface area contributed by atoms with Crippen molar-refractivity contribution in [3.05, 3.63) is 41.5 Å². The first-order chi connectivity index (χ1) is 17.6. The molecule has 0 bridgehead atoms. The number of aliphatic carboxylic acids is 1. The number of carbonyl (C=O) groups is 3. The van der Waals surface area contributed by atoms with Crippen LogP contribution < -0.4 is 16.2 Å². The molecule has 15 nitrogen and oxygen atoms in total. The van der Waals surface area contributed by atoms with Crippen LogP contribution in [0.25, 0.3) is 0 Å². The van der Waals surface area contributed by atoms with Crippen molar-refractivity contribution in [1.29, 1.82) is 0 Å². The molecule has 0 spiro atoms. The van der Waals surface area contributed by atoms with Crippen LogP contribution in [0, 0.1) is 0 Å². The predicted octanol–water partition coefficient (Wildman–Crippen LogP) is -1.91. The lowest BCUT2D eigenvalue weighted by Gasteiger charge is -2.50. The molecule has 37 heavy (non-hydrogen) atoms. The molecule has 0 unspecified atom stereocenters. The molecule has 4 rings (SSSR count). The third-order valence-corrected chi connectivity index (χ3v) is 7.26. The van der Waals surface area contributed by atoms with E-state index in [1.807, 2.05) is 20.2 Å². The van der Waals surface area contributed by atoms with Crippen molar-refractivity contribution < 1.29 is 33.2 Å². The molecule has 1 saturated heterocycles. The molecule has 2 aliphatic heterocycles. The number of fused-ring (bicyclic) bond motifs is 1. The first-order valence-corrected chi connectivity index (χ1v) is 12.6. The number of thioether (sulfide) groups is 1. The van der Waals surface area contributed by atoms with Gasteiger partial charge in [0.05, 0.1) is 32.3 Å². The van der Waals surface area contributed by atoms with Crippen LogP contribution in [-0.2, 0) is 25.8 Å². The van der Waals surface area contributed by atoms with Gasteiger partial charge in [0.25, 0.3) is 17.7 Å². The van der Waals surface area contributed by atoms with Gasteiger partial charge in [-0.05, 0) is 11.6 Å². The Morgan fingerprint density at radius 1 is 1.46 bits per heavy atom. The van der Waals surface area contributed by atoms with Crippen molar-refractivity contribution in [3.8, 4) is 0 Å². The molecule has 0 saturated carbocycles. The molecule has 4 heterocycles. The molecule has 0 aromatic carbocycles. The van der Waals surface area contributed by atoms with Crippen molar-refractivity contribution >= 4 is 51.9 Å². The van der Waals surface area contributed by atoms with Gasteiger partial charge >= 0.3 is 0 Å². The van der Waals surface area contributed by atoms with Crippen LogP contribution in [-0.4, -0.2) is 97.4 Å². The summed E-state index contributed by atoms with van der Waals surface area (Å²) in [5, 5.41) is 25.2. The van der Waals surface area contributed by atoms with Crippen molar-refractivity contribution in [1.82, 2.24) is 29.8 Å². The van der Waals surface area contributed by atoms with E-state index >= 15 is 0 Å². The summed E-state index contributed by atoms with van der Waals surface area (Å²) in [6.07, 6.45) is 4.75. The van der Waals surface area contributed by atoms with Crippen LogP contribution in [0.5, 0.6) is 0 Å². The van der Waals surface area contributed by atoms with E-state index < -0.39 is 29.2 Å². The maximum absolute atomic E-state index is 12.9. The Bertz CT molecular complexity index is 1290. The lowest BCUT2D eigenvalue weighted by atomic mass is 10.0. The fourth-order valence-electron chi connectivity index (χ4n) is 3.75. The van der Waals surface area contributed by atoms with Gasteiger partial charge in [0, 0.05) is 17.3 Å². The van der Waals surface area contributed by atoms with E-state index in [1.54, 1.807) is 6.08 Å². The van der Waals surface area contributed by atoms with Crippen molar-refractivity contribution in [3.63, 3.8) is 0 Å². The molecule has 196 valence electrons. The fraction of sp³-hybridized carbons (Fsp3) is 0.400. The second-order valence-corrected chi connectivity index (χ2v) is 10.5. The number of carboxylic acids is 1. The van der Waals surface area contributed by atoms with E-state index in [0.29, 0.717) is 34.8 Å². The van der Waals surface area contributed by atoms with Gasteiger partial charge in [-0.1, -0.05) is 11.2 Å². The number of nitrogens with one attached hydrogen (secondary N) is 1. The summed E-state index contributed by atoms with van der Waals surface area (Å²) in [5.41, 5.74) is 5.52. The quantitative estimate of drug-likeness (QED) is 0.144. The van der Waals surface area contributed by atoms with Gasteiger partial charge in [-0.3, -0.25) is 14.5 Å². The van der Waals surface area contributed by atoms with E-state index in [4.69, 9.17) is 15.0 Å². The lowest BCUT2D eigenvalue weighted by molar-refractivity contribution is -0.899. The van der Waals surface area contributed by atoms with Crippen molar-refractivity contribution in [2.24, 2.45) is 5.16 Å². The number of likely N-dealkylation sites (N-methyl/N-ethyl adjacent to an activating group) is 1. The summed E-state index contributed by atoms with van der Waals surface area (Å²) >= 11 is 2.18. The van der Waals surface area contributed by atoms with Crippen molar-refractivity contribution in [2.75, 3.05) is 39.2 Å². The molecule has 2 amide bonds. The van der Waals surface area contributed by atoms with Gasteiger partial charge in [-0.2, -0.15) is 9.36 Å². The number of nitrogen functional groups attached to an aromatic ring is 1. The summed E-state index contributed by atoms with van der Waals surface area (Å²) in [5.74, 6) is -2.11. The van der Waals surface area contributed by atoms with Gasteiger partial charge in [0.15, 0.2) is 11.7 Å². The number of quaternary nitrogens is 1. The number of nitrogens with zero attached hydrogens (tertiary/aromatic N) is 7. The second kappa shape index (κ2) is 10.7. The number of carboxylic acid groups (broad SMARTS) is 1. The number of amides is 2. The monoisotopic (exact) mass is 549 g/mol. The highest BCUT2D eigenvalue weighted by molar-refractivity contribution is 8.00. The number of aromatic nitrogens is 4. The highest BCUT2D eigenvalue weighted by atomic mass is 32.2. The third-order valence-electron chi connectivity index (χ3n) is 5.42. The van der Waals surface area contributed by atoms with Gasteiger partial charge in [0.1, 0.15) is 18.5 Å². The summed E-state index contributed by atoms with van der Waals surface area (Å²) in [7, 11) is 5.15. The Hall–Kier alpha value is -3.83. The molecular weight excluding hydrogens is 526 g/mol. The Morgan fingerprint density at radius 3 is 2.86 bits per heavy atom. The second-order valence-electron chi connectivity index (χ2n) is 8.61. The number of rotatable bonds is 10. The number of hydrogen-bond donors (Lipinski definition) is 2. The Balaban J connectivity index is 1.46. The van der Waals surface area contributed by atoms with E-state index in [0.717, 1.165) is 16.4 Å². The highest BCUT2D eigenvalue weighted by Crippen LogP contribution is 2.40. The minimum atomic E-state index is -1.48. The number of hydrogen-bond acceptors (Lipinski definition) is 14. The van der Waals surface area contributed by atoms with Crippen LogP contribution in [0.1, 0.15) is 11.7 Å². The zero-order valence-electron chi connectivity index (χ0n) is 20.0. The highest BCUT2D eigenvalue weighted by Gasteiger charge is 2.53. The summed E-state index contributed by atoms with van der Waals surface area (Å²) in [4.78, 5) is 47.5. The predicted molar refractivity (Wildman–Crippen MR) is 129 cm³/mol. The SMILES string of the molecule is CO/N=C(\C(=O)N[C@@H]1C(=O)N2C(C(=O)[O-])=C(/C=C/C[N+](C)(C)Cc3nnco3)CS[C@@H]12)c1nsc(N)n1. The molecule has 2 atom stereocenters. The molecule has 2 aromatic heterocycles. The number of allylic oxidation sites excluding steroid dienone is 1. The van der Waals surface area contributed by atoms with Gasteiger partial charge < -0.3 is 34.7 Å². The van der Waals surface area contributed by atoms with Crippen molar-refractivity contribution in [2.45, 2.75) is 18.0 Å². The van der Waals surface area contributed by atoms with Gasteiger partial charge in [-0.25, -0.2) is 0 Å². The average molecular weight is 550 g/mol. The van der Waals surface area contributed by atoms with Crippen LogP contribution in [0.2, 0.25) is 0 Å². The summed E-state index contributed by atoms with van der Waals surface area (Å²) < 4.78 is 9.60. The molecule has 2 aliphatic rings. The topological polar surface area (TPSA) is 202 Å². The largest absolute Gasteiger partial charge is 0.543 e. The molecule has 2 aromatic rings. The van der Waals surface area contributed by atoms with E-state index in [1.165, 1.54) is 25.3 Å². The Kier molecular flexibility index (Phi) is 7.55. The Labute approximate surface area is 218 Å². The minimum Gasteiger partial charge on any atom is -0.543 e. The van der Waals surface area contributed by atoms with Crippen LogP contribution in [0.3, 0.4) is 0 Å². The first-order valence-electron chi connectivity index (χ1n) is 10.8. The molecule has 17 heteroatoms. The minimum absolute atomic E-state index is 0.0510. The number of β-lactam (4-membered cyclic amide) rings is 1. The summed E-state index contributed by atoms with van der Waals surface area (Å²) in [6, 6.07) is -0.986. The normalized spacial score (nSPS) is 20.1. The van der Waals surface area contributed by atoms with Gasteiger partial charge in [0.2, 0.25) is 17.9 Å². The number of carbonyl (C=O) groups excluding carboxylic acids is 3. The van der Waals surface area contributed by atoms with Crippen LogP contribution >= 0.6 is 23.3 Å². The zero-order chi connectivity index (χ0) is 26.7. The first kappa shape index (κ1) is 26.2. The van der Waals surface area contributed by atoms with E-state index in [9.17, 15) is 19.5 Å². The van der Waals surface area contributed by atoms with Crippen LogP contribution in [0.15, 0.2) is 39.4 Å². The standard InChI is InChI=1S/C20H23N9O6S2/c1-29(2,7-11-25-22-9-35-11)6-4-5-10-8-36-18-13(17(31)28(18)14(10)19(32)33)23-16(30)12(26-34-3)15-24-20(21)37-27-15/h4-5,9,13,18H,6-8H2,1-3H3,(H3-,21,23,24,27,30,32,33)/b5-4+,26-12-/t13-,18+/m1/s1. The van der Waals surface area contributed by atoms with E-state index in [2.05, 4.69) is 30.0 Å². The lowest BCUT2D eigenvalue weighted by Crippen LogP contribution is -2.71. The molecular formula is C20H23N9O6S2. The van der Waals surface area contributed by atoms with E-state index in [-0.39, 0.29) is 22.4 Å². The fourth-order valence-corrected chi connectivity index (χ4v) is 5.51. The number of anilines is 1. The summed E-state index contributed by atoms with van der Waals surface area (Å²) in [6.45, 7) is 1.01. The molecule has 0 aliphatic carbocycles. The smallest absolute Gasteiger partial charge is 0.278 e. The molecule has 0 radical (unpaired) electrons. The molecule has 3 N–H and O–H groups in total. The molecule has 1 fully saturated rings. The maximum atomic E-state index is 12.9. The van der Waals surface area contributed by atoms with Crippen LogP contribution in [0.4, 0.5) is 5.13 Å². The zero-order valence-corrected chi connectivity index (χ0v) is 21.6. The maximum Gasteiger partial charge on any atom is 0.278 e. The average Bonchev–Trinajstić information content (AvgIpc) is 3.51.